The number of pyridine rings is 1. The van der Waals surface area contributed by atoms with Gasteiger partial charge in [-0.05, 0) is 29.8 Å². The molecule has 0 aliphatic heterocycles. The molecule has 0 saturated heterocycles. The maximum atomic E-state index is 11.9. The van der Waals surface area contributed by atoms with E-state index in [0.29, 0.717) is 17.0 Å². The van der Waals surface area contributed by atoms with E-state index >= 15 is 0 Å². The number of carbonyl (C=O) groups is 1. The van der Waals surface area contributed by atoms with Crippen LogP contribution in [-0.2, 0) is 0 Å². The SMILES string of the molecule is COc1cncc(C(=O)/C=C/c2ccc(N)cc2)c1. The lowest BCUT2D eigenvalue weighted by Crippen LogP contribution is -1.96. The highest BCUT2D eigenvalue weighted by Gasteiger charge is 2.03. The number of nitrogens with zero attached hydrogens (tertiary/aromatic N) is 1. The van der Waals surface area contributed by atoms with Crippen LogP contribution in [0.4, 0.5) is 5.69 Å². The van der Waals surface area contributed by atoms with Crippen LogP contribution in [0.25, 0.3) is 6.08 Å². The zero-order valence-electron chi connectivity index (χ0n) is 10.5. The highest BCUT2D eigenvalue weighted by molar-refractivity contribution is 6.06. The Morgan fingerprint density at radius 2 is 2.00 bits per heavy atom. The van der Waals surface area contributed by atoms with E-state index in [1.54, 1.807) is 30.5 Å². The van der Waals surface area contributed by atoms with Crippen molar-refractivity contribution in [2.24, 2.45) is 0 Å². The fourth-order valence-corrected chi connectivity index (χ4v) is 1.54. The standard InChI is InChI=1S/C15H14N2O2/c1-19-14-8-12(9-17-10-14)15(18)7-4-11-2-5-13(16)6-3-11/h2-10H,16H2,1H3/b7-4+. The van der Waals surface area contributed by atoms with Gasteiger partial charge in [0.1, 0.15) is 5.75 Å². The van der Waals surface area contributed by atoms with Crippen molar-refractivity contribution in [3.05, 3.63) is 59.9 Å². The molecule has 4 heteroatoms. The minimum absolute atomic E-state index is 0.122. The first-order valence-electron chi connectivity index (χ1n) is 5.76. The number of aromatic nitrogens is 1. The van der Waals surface area contributed by atoms with Gasteiger partial charge in [-0.25, -0.2) is 0 Å². The minimum Gasteiger partial charge on any atom is -0.495 e. The quantitative estimate of drug-likeness (QED) is 0.517. The van der Waals surface area contributed by atoms with Crippen molar-refractivity contribution >= 4 is 17.5 Å². The molecular formula is C15H14N2O2. The fraction of sp³-hybridized carbons (Fsp3) is 0.0667. The van der Waals surface area contributed by atoms with E-state index in [-0.39, 0.29) is 5.78 Å². The van der Waals surface area contributed by atoms with Crippen LogP contribution >= 0.6 is 0 Å². The number of hydrogen-bond donors (Lipinski definition) is 1. The number of allylic oxidation sites excluding steroid dienone is 1. The van der Waals surface area contributed by atoms with Crippen molar-refractivity contribution in [3.8, 4) is 5.75 Å². The molecule has 0 fully saturated rings. The molecule has 0 bridgehead atoms. The van der Waals surface area contributed by atoms with Gasteiger partial charge in [0.15, 0.2) is 5.78 Å². The Bertz CT molecular complexity index is 604. The van der Waals surface area contributed by atoms with Gasteiger partial charge in [0.2, 0.25) is 0 Å². The van der Waals surface area contributed by atoms with Crippen molar-refractivity contribution in [3.63, 3.8) is 0 Å². The van der Waals surface area contributed by atoms with Gasteiger partial charge in [-0.1, -0.05) is 18.2 Å². The van der Waals surface area contributed by atoms with E-state index in [9.17, 15) is 4.79 Å². The highest BCUT2D eigenvalue weighted by Crippen LogP contribution is 2.12. The zero-order valence-corrected chi connectivity index (χ0v) is 10.5. The summed E-state index contributed by atoms with van der Waals surface area (Å²) in [7, 11) is 1.54. The van der Waals surface area contributed by atoms with Gasteiger partial charge < -0.3 is 10.5 Å². The normalized spacial score (nSPS) is 10.6. The number of ether oxygens (including phenoxy) is 1. The second kappa shape index (κ2) is 5.82. The van der Waals surface area contributed by atoms with Gasteiger partial charge in [0, 0.05) is 17.4 Å². The monoisotopic (exact) mass is 254 g/mol. The first kappa shape index (κ1) is 12.8. The van der Waals surface area contributed by atoms with Crippen LogP contribution in [0.1, 0.15) is 15.9 Å². The average Bonchev–Trinajstić information content (AvgIpc) is 2.46. The molecule has 0 atom stereocenters. The predicted molar refractivity (Wildman–Crippen MR) is 75.0 cm³/mol. The van der Waals surface area contributed by atoms with Crippen LogP contribution < -0.4 is 10.5 Å². The lowest BCUT2D eigenvalue weighted by atomic mass is 10.1. The molecule has 96 valence electrons. The first-order valence-corrected chi connectivity index (χ1v) is 5.76. The molecule has 1 aromatic heterocycles. The summed E-state index contributed by atoms with van der Waals surface area (Å²) in [5, 5.41) is 0. The van der Waals surface area contributed by atoms with Gasteiger partial charge in [-0.15, -0.1) is 0 Å². The number of nitrogen functional groups attached to an aromatic ring is 1. The number of benzene rings is 1. The molecule has 4 nitrogen and oxygen atoms in total. The summed E-state index contributed by atoms with van der Waals surface area (Å²) in [4.78, 5) is 15.9. The first-order chi connectivity index (χ1) is 9.19. The third-order valence-electron chi connectivity index (χ3n) is 2.60. The number of hydrogen-bond acceptors (Lipinski definition) is 4. The van der Waals surface area contributed by atoms with E-state index < -0.39 is 0 Å². The number of nitrogens with two attached hydrogens (primary N) is 1. The lowest BCUT2D eigenvalue weighted by molar-refractivity contribution is 0.104. The third kappa shape index (κ3) is 3.42. The second-order valence-corrected chi connectivity index (χ2v) is 3.98. The molecule has 0 spiro atoms. The maximum absolute atomic E-state index is 11.9. The van der Waals surface area contributed by atoms with Crippen molar-refractivity contribution in [2.45, 2.75) is 0 Å². The molecular weight excluding hydrogens is 240 g/mol. The Hall–Kier alpha value is -2.62. The summed E-state index contributed by atoms with van der Waals surface area (Å²) in [6.45, 7) is 0. The summed E-state index contributed by atoms with van der Waals surface area (Å²) in [5.41, 5.74) is 7.69. The van der Waals surface area contributed by atoms with Crippen LogP contribution in [0.5, 0.6) is 5.75 Å². The van der Waals surface area contributed by atoms with Gasteiger partial charge in [0.25, 0.3) is 0 Å². The molecule has 2 N–H and O–H groups in total. The molecule has 2 aromatic rings. The molecule has 0 unspecified atom stereocenters. The lowest BCUT2D eigenvalue weighted by Gasteiger charge is -2.00. The summed E-state index contributed by atoms with van der Waals surface area (Å²) < 4.78 is 5.03. The van der Waals surface area contributed by atoms with Gasteiger partial charge >= 0.3 is 0 Å². The largest absolute Gasteiger partial charge is 0.495 e. The molecule has 0 aliphatic carbocycles. The third-order valence-corrected chi connectivity index (χ3v) is 2.60. The molecule has 0 saturated carbocycles. The average molecular weight is 254 g/mol. The van der Waals surface area contributed by atoms with E-state index in [1.165, 1.54) is 19.4 Å². The summed E-state index contributed by atoms with van der Waals surface area (Å²) in [5.74, 6) is 0.440. The van der Waals surface area contributed by atoms with E-state index in [1.807, 2.05) is 12.1 Å². The highest BCUT2D eigenvalue weighted by atomic mass is 16.5. The van der Waals surface area contributed by atoms with Crippen LogP contribution in [0, 0.1) is 0 Å². The maximum Gasteiger partial charge on any atom is 0.187 e. The number of methoxy groups -OCH3 is 1. The predicted octanol–water partition coefficient (Wildman–Crippen LogP) is 2.57. The van der Waals surface area contributed by atoms with Crippen LogP contribution in [-0.4, -0.2) is 17.9 Å². The van der Waals surface area contributed by atoms with E-state index in [2.05, 4.69) is 4.98 Å². The summed E-state index contributed by atoms with van der Waals surface area (Å²) >= 11 is 0. The van der Waals surface area contributed by atoms with Crippen molar-refractivity contribution in [1.29, 1.82) is 0 Å². The minimum atomic E-state index is -0.122. The Morgan fingerprint density at radius 1 is 1.26 bits per heavy atom. The Kier molecular flexibility index (Phi) is 3.93. The van der Waals surface area contributed by atoms with Gasteiger partial charge in [0.05, 0.1) is 13.3 Å². The van der Waals surface area contributed by atoms with Crippen molar-refractivity contribution in [1.82, 2.24) is 4.98 Å². The Labute approximate surface area is 111 Å². The van der Waals surface area contributed by atoms with Crippen molar-refractivity contribution in [2.75, 3.05) is 12.8 Å². The Morgan fingerprint density at radius 3 is 2.68 bits per heavy atom. The molecule has 1 heterocycles. The molecule has 19 heavy (non-hydrogen) atoms. The molecule has 1 aromatic carbocycles. The van der Waals surface area contributed by atoms with E-state index in [0.717, 1.165) is 5.56 Å². The fourth-order valence-electron chi connectivity index (χ4n) is 1.54. The number of ketones is 1. The second-order valence-electron chi connectivity index (χ2n) is 3.98. The molecule has 0 aliphatic rings. The summed E-state index contributed by atoms with van der Waals surface area (Å²) in [6, 6.07) is 8.93. The number of carbonyl (C=O) groups excluding carboxylic acids is 1. The Balaban J connectivity index is 2.13. The van der Waals surface area contributed by atoms with E-state index in [4.69, 9.17) is 10.5 Å². The van der Waals surface area contributed by atoms with Crippen LogP contribution in [0.2, 0.25) is 0 Å². The number of rotatable bonds is 4. The molecule has 0 radical (unpaired) electrons. The van der Waals surface area contributed by atoms with Crippen LogP contribution in [0.15, 0.2) is 48.8 Å². The van der Waals surface area contributed by atoms with Gasteiger partial charge in [-0.2, -0.15) is 0 Å². The smallest absolute Gasteiger partial charge is 0.187 e. The van der Waals surface area contributed by atoms with Crippen molar-refractivity contribution < 1.29 is 9.53 Å². The van der Waals surface area contributed by atoms with Gasteiger partial charge in [-0.3, -0.25) is 9.78 Å². The number of anilines is 1. The summed E-state index contributed by atoms with van der Waals surface area (Å²) in [6.07, 6.45) is 6.31. The molecule has 2 rings (SSSR count). The zero-order chi connectivity index (χ0) is 13.7. The van der Waals surface area contributed by atoms with Crippen LogP contribution in [0.3, 0.4) is 0 Å². The topological polar surface area (TPSA) is 65.2 Å². The molecule has 0 amide bonds.